The molecule has 0 saturated heterocycles. The molecule has 3 aromatic rings. The highest BCUT2D eigenvalue weighted by atomic mass is 35.5. The topological polar surface area (TPSA) is 0 Å². The summed E-state index contributed by atoms with van der Waals surface area (Å²) in [6.45, 7) is 0. The Morgan fingerprint density at radius 1 is 0.273 bits per heavy atom. The number of alkyl halides is 1. The smallest absolute Gasteiger partial charge is 0.103 e. The highest BCUT2D eigenvalue weighted by molar-refractivity contribution is 6.59. The number of rotatable bonds is 1. The first kappa shape index (κ1) is 27.7. The van der Waals surface area contributed by atoms with E-state index in [-0.39, 0.29) is 93.1 Å². The van der Waals surface area contributed by atoms with E-state index >= 15 is 0 Å². The van der Waals surface area contributed by atoms with Gasteiger partial charge in [0.2, 0.25) is 0 Å². The molecule has 0 amide bonds. The normalized spacial score (nSPS) is 14.0. The number of hydrogen-bond donors (Lipinski definition) is 0. The second kappa shape index (κ2) is 9.48. The van der Waals surface area contributed by atoms with Crippen molar-refractivity contribution in [2.24, 2.45) is 0 Å². The second-order valence-electron chi connectivity index (χ2n) is 6.62. The fraction of sp³-hybridized carbons (Fsp3) is 0.0526. The summed E-state index contributed by atoms with van der Waals surface area (Å²) in [5, 5.41) is -1.14. The van der Waals surface area contributed by atoms with Crippen LogP contribution in [0.4, 0.5) is 0 Å². The molecule has 0 fully saturated rings. The fourth-order valence-electron chi connectivity index (χ4n) is 3.66. The lowest BCUT2D eigenvalue weighted by Gasteiger charge is -2.30. The van der Waals surface area contributed by atoms with E-state index in [0.717, 1.165) is 0 Å². The maximum absolute atomic E-state index is 7.35. The van der Waals surface area contributed by atoms with Crippen molar-refractivity contribution < 1.29 is 0 Å². The van der Waals surface area contributed by atoms with E-state index in [1.807, 2.05) is 0 Å². The number of halogens is 14. The third-order valence-electron chi connectivity index (χ3n) is 5.03. The van der Waals surface area contributed by atoms with Gasteiger partial charge in [-0.05, 0) is 0 Å². The lowest BCUT2D eigenvalue weighted by Crippen LogP contribution is -2.22. The summed E-state index contributed by atoms with van der Waals surface area (Å²) in [6, 6.07) is 0. The summed E-state index contributed by atoms with van der Waals surface area (Å²) in [5.74, 6) is 0. The molecule has 0 aliphatic heterocycles. The Morgan fingerprint density at radius 2 is 0.485 bits per heavy atom. The zero-order chi connectivity index (χ0) is 24.9. The minimum atomic E-state index is -1.90. The average molecular weight is 725 g/mol. The summed E-state index contributed by atoms with van der Waals surface area (Å²) in [6.07, 6.45) is 0. The lowest BCUT2D eigenvalue weighted by atomic mass is 9.87. The van der Waals surface area contributed by atoms with Crippen LogP contribution in [0.15, 0.2) is 0 Å². The zero-order valence-electron chi connectivity index (χ0n) is 14.8. The maximum atomic E-state index is 7.35. The van der Waals surface area contributed by atoms with E-state index in [9.17, 15) is 0 Å². The second-order valence-corrected chi connectivity index (χ2v) is 12.1. The molecule has 174 valence electrons. The minimum absolute atomic E-state index is 0.0142. The van der Waals surface area contributed by atoms with Crippen molar-refractivity contribution in [3.63, 3.8) is 0 Å². The predicted octanol–water partition coefficient (Wildman–Crippen LogP) is 13.7. The van der Waals surface area contributed by atoms with Crippen LogP contribution < -0.4 is 0 Å². The van der Waals surface area contributed by atoms with E-state index in [1.54, 1.807) is 0 Å². The van der Waals surface area contributed by atoms with Gasteiger partial charge in [-0.3, -0.25) is 0 Å². The Morgan fingerprint density at radius 3 is 0.788 bits per heavy atom. The molecule has 14 heteroatoms. The van der Waals surface area contributed by atoms with E-state index < -0.39 is 4.87 Å². The molecule has 0 saturated carbocycles. The van der Waals surface area contributed by atoms with Gasteiger partial charge in [0, 0.05) is 27.8 Å². The van der Waals surface area contributed by atoms with Crippen molar-refractivity contribution in [2.45, 2.75) is 4.87 Å². The Bertz CT molecular complexity index is 1310. The van der Waals surface area contributed by atoms with Gasteiger partial charge in [0.05, 0.1) is 65.3 Å². The first-order valence-corrected chi connectivity index (χ1v) is 13.4. The Hall–Kier alpha value is 1.72. The van der Waals surface area contributed by atoms with E-state index in [1.165, 1.54) is 0 Å². The van der Waals surface area contributed by atoms with Crippen LogP contribution in [0.3, 0.4) is 0 Å². The van der Waals surface area contributed by atoms with Crippen molar-refractivity contribution in [1.82, 2.24) is 0 Å². The molecule has 0 N–H and O–H groups in total. The van der Waals surface area contributed by atoms with Crippen molar-refractivity contribution in [1.29, 1.82) is 0 Å². The van der Waals surface area contributed by atoms with Gasteiger partial charge in [-0.2, -0.15) is 0 Å². The Balaban J connectivity index is 2.39. The summed E-state index contributed by atoms with van der Waals surface area (Å²) >= 11 is 91.2. The van der Waals surface area contributed by atoms with Crippen LogP contribution in [-0.4, -0.2) is 0 Å². The maximum Gasteiger partial charge on any atom is 0.127 e. The number of hydrogen-bond acceptors (Lipinski definition) is 0. The molecule has 4 rings (SSSR count). The molecule has 0 atom stereocenters. The molecule has 0 nitrogen and oxygen atoms in total. The third kappa shape index (κ3) is 3.70. The first-order chi connectivity index (χ1) is 15.2. The molecule has 3 aromatic carbocycles. The van der Waals surface area contributed by atoms with Gasteiger partial charge >= 0.3 is 0 Å². The van der Waals surface area contributed by atoms with Gasteiger partial charge in [-0.1, -0.05) is 151 Å². The van der Waals surface area contributed by atoms with Crippen LogP contribution in [0, 0.1) is 0 Å². The molecule has 0 spiro atoms. The highest BCUT2D eigenvalue weighted by Crippen LogP contribution is 2.68. The highest BCUT2D eigenvalue weighted by Gasteiger charge is 2.53. The number of benzene rings is 3. The first-order valence-electron chi connectivity index (χ1n) is 8.15. The largest absolute Gasteiger partial charge is 0.127 e. The summed E-state index contributed by atoms with van der Waals surface area (Å²) in [4.78, 5) is -1.90. The van der Waals surface area contributed by atoms with Gasteiger partial charge in [-0.25, -0.2) is 0 Å². The van der Waals surface area contributed by atoms with Crippen LogP contribution in [0.5, 0.6) is 0 Å². The SMILES string of the molecule is Clc1c(Cl)c(Cl)c(C2(Cl)c3c(Cl)c(Cl)c(Cl)c(Cl)c3-c3c(Cl)c(Cl)c(Cl)c(Cl)c32)c(Cl)c1Cl. The minimum Gasteiger partial charge on any atom is -0.103 e. The van der Waals surface area contributed by atoms with Crippen LogP contribution in [0.1, 0.15) is 16.7 Å². The molecule has 1 aliphatic carbocycles. The van der Waals surface area contributed by atoms with Gasteiger partial charge in [0.25, 0.3) is 0 Å². The van der Waals surface area contributed by atoms with Gasteiger partial charge in [-0.15, -0.1) is 11.6 Å². The van der Waals surface area contributed by atoms with Gasteiger partial charge in [0.1, 0.15) is 4.87 Å². The molecule has 0 heterocycles. The van der Waals surface area contributed by atoms with E-state index in [4.69, 9.17) is 162 Å². The predicted molar refractivity (Wildman–Crippen MR) is 149 cm³/mol. The molecule has 33 heavy (non-hydrogen) atoms. The van der Waals surface area contributed by atoms with E-state index in [0.29, 0.717) is 0 Å². The van der Waals surface area contributed by atoms with Gasteiger partial charge < -0.3 is 0 Å². The summed E-state index contributed by atoms with van der Waals surface area (Å²) < 4.78 is 0. The summed E-state index contributed by atoms with van der Waals surface area (Å²) in [5.41, 5.74) is 0.600. The Kier molecular flexibility index (Phi) is 7.97. The average Bonchev–Trinajstić information content (AvgIpc) is 3.05. The van der Waals surface area contributed by atoms with Crippen molar-refractivity contribution in [3.8, 4) is 11.1 Å². The molecule has 0 radical (unpaired) electrons. The van der Waals surface area contributed by atoms with Crippen LogP contribution in [0.2, 0.25) is 65.3 Å². The molecule has 0 unspecified atom stereocenters. The monoisotopic (exact) mass is 718 g/mol. The van der Waals surface area contributed by atoms with Crippen molar-refractivity contribution in [3.05, 3.63) is 82.0 Å². The molecule has 1 aliphatic rings. The summed E-state index contributed by atoms with van der Waals surface area (Å²) in [7, 11) is 0. The number of fused-ring (bicyclic) bond motifs is 3. The lowest BCUT2D eigenvalue weighted by molar-refractivity contribution is 0.912. The van der Waals surface area contributed by atoms with Gasteiger partial charge in [0.15, 0.2) is 0 Å². The molecule has 0 bridgehead atoms. The van der Waals surface area contributed by atoms with Crippen LogP contribution in [0.25, 0.3) is 11.1 Å². The van der Waals surface area contributed by atoms with Crippen LogP contribution >= 0.6 is 162 Å². The standard InChI is InChI=1S/C19Cl14/c20-6-1-2-4(9(23)15(29)13(27)7(2)21)19(33,3(1)8(22)14(28)12(6)26)5-10(24)16(30)18(32)17(31)11(5)25. The molecular formula is C19Cl14. The van der Waals surface area contributed by atoms with Crippen molar-refractivity contribution in [2.75, 3.05) is 0 Å². The molecule has 0 aromatic heterocycles. The van der Waals surface area contributed by atoms with Crippen molar-refractivity contribution >= 4 is 162 Å². The quantitative estimate of drug-likeness (QED) is 0.133. The Labute approximate surface area is 257 Å². The zero-order valence-corrected chi connectivity index (χ0v) is 25.4. The third-order valence-corrected chi connectivity index (χ3v) is 11.5. The fourth-order valence-corrected chi connectivity index (χ4v) is 8.02. The van der Waals surface area contributed by atoms with Crippen LogP contribution in [-0.2, 0) is 4.87 Å². The van der Waals surface area contributed by atoms with E-state index in [2.05, 4.69) is 0 Å². The molecular weight excluding hydrogens is 725 g/mol.